The van der Waals surface area contributed by atoms with Gasteiger partial charge in [0.1, 0.15) is 0 Å². The summed E-state index contributed by atoms with van der Waals surface area (Å²) in [5, 5.41) is 7.39. The highest BCUT2D eigenvalue weighted by atomic mass is 16.5. The maximum Gasteiger partial charge on any atom is 0.228 e. The van der Waals surface area contributed by atoms with Gasteiger partial charge in [-0.15, -0.1) is 0 Å². The normalized spacial score (nSPS) is 13.2. The summed E-state index contributed by atoms with van der Waals surface area (Å²) >= 11 is 0. The van der Waals surface area contributed by atoms with Gasteiger partial charge in [-0.1, -0.05) is 12.1 Å². The third kappa shape index (κ3) is 5.79. The van der Waals surface area contributed by atoms with Crippen LogP contribution in [-0.4, -0.2) is 48.3 Å². The average Bonchev–Trinajstić information content (AvgIpc) is 2.71. The van der Waals surface area contributed by atoms with Crippen LogP contribution in [0.25, 0.3) is 0 Å². The summed E-state index contributed by atoms with van der Waals surface area (Å²) in [6.45, 7) is 6.27. The van der Waals surface area contributed by atoms with Crippen molar-refractivity contribution in [3.05, 3.63) is 11.7 Å². The fourth-order valence-corrected chi connectivity index (χ4v) is 1.52. The minimum atomic E-state index is 0.386. The van der Waals surface area contributed by atoms with E-state index < -0.39 is 0 Å². The molecule has 0 bridgehead atoms. The summed E-state index contributed by atoms with van der Waals surface area (Å²) in [5.74, 6) is 1.53. The number of aromatic nitrogens is 2. The van der Waals surface area contributed by atoms with Crippen molar-refractivity contribution >= 4 is 0 Å². The Balaban J connectivity index is 2.34. The van der Waals surface area contributed by atoms with E-state index in [0.29, 0.717) is 6.04 Å². The standard InChI is InChI=1S/C12H24N4O/c1-5-7-13-10(2)9-12-14-11(15-17-12)6-8-16(3)4/h10,13H,5-9H2,1-4H3. The van der Waals surface area contributed by atoms with E-state index in [2.05, 4.69) is 34.2 Å². The van der Waals surface area contributed by atoms with Gasteiger partial charge in [0.05, 0.1) is 0 Å². The van der Waals surface area contributed by atoms with Gasteiger partial charge >= 0.3 is 0 Å². The van der Waals surface area contributed by atoms with Crippen LogP contribution >= 0.6 is 0 Å². The molecule has 1 unspecified atom stereocenters. The summed E-state index contributed by atoms with van der Waals surface area (Å²) in [6.07, 6.45) is 2.78. The van der Waals surface area contributed by atoms with E-state index in [9.17, 15) is 0 Å². The lowest BCUT2D eigenvalue weighted by Crippen LogP contribution is -2.28. The van der Waals surface area contributed by atoms with Crippen LogP contribution in [0.15, 0.2) is 4.52 Å². The molecule has 0 spiro atoms. The van der Waals surface area contributed by atoms with E-state index in [4.69, 9.17) is 4.52 Å². The van der Waals surface area contributed by atoms with Crippen LogP contribution in [0.4, 0.5) is 0 Å². The van der Waals surface area contributed by atoms with Gasteiger partial charge in [-0.25, -0.2) is 0 Å². The van der Waals surface area contributed by atoms with Crippen molar-refractivity contribution in [2.24, 2.45) is 0 Å². The van der Waals surface area contributed by atoms with Gasteiger partial charge in [-0.3, -0.25) is 0 Å². The minimum absolute atomic E-state index is 0.386. The molecule has 1 N–H and O–H groups in total. The molecule has 1 rings (SSSR count). The molecule has 0 saturated heterocycles. The van der Waals surface area contributed by atoms with Crippen LogP contribution in [0.1, 0.15) is 32.0 Å². The molecule has 0 aliphatic carbocycles. The number of likely N-dealkylation sites (N-methyl/N-ethyl adjacent to an activating group) is 1. The largest absolute Gasteiger partial charge is 0.339 e. The second-order valence-corrected chi connectivity index (χ2v) is 4.72. The molecule has 0 aliphatic heterocycles. The summed E-state index contributed by atoms with van der Waals surface area (Å²) in [7, 11) is 4.08. The molecule has 17 heavy (non-hydrogen) atoms. The zero-order chi connectivity index (χ0) is 12.7. The Bertz CT molecular complexity index is 311. The van der Waals surface area contributed by atoms with Gasteiger partial charge in [0.2, 0.25) is 5.89 Å². The molecule has 1 heterocycles. The quantitative estimate of drug-likeness (QED) is 0.737. The maximum absolute atomic E-state index is 5.23. The van der Waals surface area contributed by atoms with Crippen LogP contribution in [0.5, 0.6) is 0 Å². The highest BCUT2D eigenvalue weighted by molar-refractivity contribution is 4.89. The smallest absolute Gasteiger partial charge is 0.228 e. The van der Waals surface area contributed by atoms with Crippen LogP contribution in [0.3, 0.4) is 0 Å². The van der Waals surface area contributed by atoms with Gasteiger partial charge in [-0.05, 0) is 34.0 Å². The Morgan fingerprint density at radius 2 is 2.18 bits per heavy atom. The SMILES string of the molecule is CCCNC(C)Cc1nc(CCN(C)C)no1. The molecule has 0 aromatic carbocycles. The van der Waals surface area contributed by atoms with E-state index in [1.54, 1.807) is 0 Å². The van der Waals surface area contributed by atoms with Crippen LogP contribution < -0.4 is 5.32 Å². The minimum Gasteiger partial charge on any atom is -0.339 e. The molecule has 5 heteroatoms. The van der Waals surface area contributed by atoms with Crippen LogP contribution in [0, 0.1) is 0 Å². The lowest BCUT2D eigenvalue weighted by molar-refractivity contribution is 0.353. The molecule has 98 valence electrons. The molecule has 5 nitrogen and oxygen atoms in total. The Hall–Kier alpha value is -0.940. The molecule has 0 radical (unpaired) electrons. The highest BCUT2D eigenvalue weighted by Crippen LogP contribution is 2.02. The average molecular weight is 240 g/mol. The first-order chi connectivity index (χ1) is 8.11. The van der Waals surface area contributed by atoms with E-state index in [1.807, 2.05) is 14.1 Å². The van der Waals surface area contributed by atoms with E-state index in [0.717, 1.165) is 44.1 Å². The molecular formula is C12H24N4O. The van der Waals surface area contributed by atoms with E-state index in [-0.39, 0.29) is 0 Å². The molecule has 0 fully saturated rings. The second-order valence-electron chi connectivity index (χ2n) is 4.72. The first kappa shape index (κ1) is 14.1. The molecule has 1 aromatic rings. The predicted octanol–water partition coefficient (Wildman–Crippen LogP) is 1.10. The van der Waals surface area contributed by atoms with Gasteiger partial charge in [0, 0.05) is 25.4 Å². The second kappa shape index (κ2) is 7.40. The molecule has 1 atom stereocenters. The Morgan fingerprint density at radius 3 is 2.82 bits per heavy atom. The van der Waals surface area contributed by atoms with Crippen LogP contribution in [0.2, 0.25) is 0 Å². The third-order valence-electron chi connectivity index (χ3n) is 2.52. The summed E-state index contributed by atoms with van der Waals surface area (Å²) in [5.41, 5.74) is 0. The fourth-order valence-electron chi connectivity index (χ4n) is 1.52. The molecular weight excluding hydrogens is 216 g/mol. The topological polar surface area (TPSA) is 54.2 Å². The van der Waals surface area contributed by atoms with Crippen molar-refractivity contribution in [3.8, 4) is 0 Å². The van der Waals surface area contributed by atoms with Crippen molar-refractivity contribution < 1.29 is 4.52 Å². The fraction of sp³-hybridized carbons (Fsp3) is 0.833. The number of nitrogens with one attached hydrogen (secondary N) is 1. The number of hydrogen-bond donors (Lipinski definition) is 1. The van der Waals surface area contributed by atoms with Gasteiger partial charge in [-0.2, -0.15) is 4.98 Å². The van der Waals surface area contributed by atoms with Gasteiger partial charge in [0.25, 0.3) is 0 Å². The van der Waals surface area contributed by atoms with Crippen molar-refractivity contribution in [2.45, 2.75) is 39.2 Å². The zero-order valence-electron chi connectivity index (χ0n) is 11.4. The number of nitrogens with zero attached hydrogens (tertiary/aromatic N) is 3. The summed E-state index contributed by atoms with van der Waals surface area (Å²) in [4.78, 5) is 6.50. The Kier molecular flexibility index (Phi) is 6.15. The van der Waals surface area contributed by atoms with Crippen LogP contribution in [-0.2, 0) is 12.8 Å². The third-order valence-corrected chi connectivity index (χ3v) is 2.52. The maximum atomic E-state index is 5.23. The first-order valence-corrected chi connectivity index (χ1v) is 6.31. The molecule has 0 amide bonds. The molecule has 0 saturated carbocycles. The lowest BCUT2D eigenvalue weighted by Gasteiger charge is -2.09. The van der Waals surface area contributed by atoms with E-state index in [1.165, 1.54) is 0 Å². The van der Waals surface area contributed by atoms with Gasteiger partial charge in [0.15, 0.2) is 5.82 Å². The van der Waals surface area contributed by atoms with Crippen molar-refractivity contribution in [3.63, 3.8) is 0 Å². The number of rotatable bonds is 8. The van der Waals surface area contributed by atoms with Crippen molar-refractivity contribution in [1.29, 1.82) is 0 Å². The highest BCUT2D eigenvalue weighted by Gasteiger charge is 2.10. The number of hydrogen-bond acceptors (Lipinski definition) is 5. The predicted molar refractivity (Wildman–Crippen MR) is 68.0 cm³/mol. The Morgan fingerprint density at radius 1 is 1.41 bits per heavy atom. The molecule has 1 aromatic heterocycles. The Labute approximate surface area is 104 Å². The van der Waals surface area contributed by atoms with Gasteiger partial charge < -0.3 is 14.7 Å². The van der Waals surface area contributed by atoms with E-state index >= 15 is 0 Å². The zero-order valence-corrected chi connectivity index (χ0v) is 11.4. The van der Waals surface area contributed by atoms with Crippen molar-refractivity contribution in [2.75, 3.05) is 27.2 Å². The monoisotopic (exact) mass is 240 g/mol. The summed E-state index contributed by atoms with van der Waals surface area (Å²) < 4.78 is 5.23. The lowest BCUT2D eigenvalue weighted by atomic mass is 10.2. The first-order valence-electron chi connectivity index (χ1n) is 6.31. The van der Waals surface area contributed by atoms with Crippen molar-refractivity contribution in [1.82, 2.24) is 20.4 Å². The molecule has 0 aliphatic rings. The summed E-state index contributed by atoms with van der Waals surface area (Å²) in [6, 6.07) is 0.386.